The van der Waals surface area contributed by atoms with Crippen LogP contribution in [-0.4, -0.2) is 16.1 Å². The maximum Gasteiger partial charge on any atom is 0.125 e. The highest BCUT2D eigenvalue weighted by Gasteiger charge is 2.17. The van der Waals surface area contributed by atoms with Crippen molar-refractivity contribution in [3.8, 4) is 0 Å². The molecule has 0 spiro atoms. The van der Waals surface area contributed by atoms with Crippen molar-refractivity contribution in [2.45, 2.75) is 42.4 Å². The summed E-state index contributed by atoms with van der Waals surface area (Å²) in [4.78, 5) is 4.34. The quantitative estimate of drug-likeness (QED) is 0.625. The molecule has 0 radical (unpaired) electrons. The third-order valence-electron chi connectivity index (χ3n) is 2.89. The van der Waals surface area contributed by atoms with Crippen molar-refractivity contribution < 1.29 is 0 Å². The minimum Gasteiger partial charge on any atom is -0.384 e. The standard InChI is InChI=1S/C12H17N3S/c13-11(14)10-7-4-8-15-12(10)16-9-5-2-1-3-6-9/h4,7-9H,1-3,5-6H2,(H3,13,14). The van der Waals surface area contributed by atoms with E-state index >= 15 is 0 Å². The Labute approximate surface area is 100 Å². The molecule has 0 aliphatic heterocycles. The van der Waals surface area contributed by atoms with Crippen LogP contribution in [0.15, 0.2) is 23.4 Å². The number of nitrogens with zero attached hydrogens (tertiary/aromatic N) is 1. The molecule has 86 valence electrons. The van der Waals surface area contributed by atoms with Gasteiger partial charge in [-0.25, -0.2) is 4.98 Å². The van der Waals surface area contributed by atoms with Gasteiger partial charge >= 0.3 is 0 Å². The lowest BCUT2D eigenvalue weighted by Gasteiger charge is -2.21. The Bertz CT molecular complexity index is 372. The Morgan fingerprint density at radius 2 is 2.12 bits per heavy atom. The second-order valence-corrected chi connectivity index (χ2v) is 5.44. The highest BCUT2D eigenvalue weighted by atomic mass is 32.2. The fourth-order valence-electron chi connectivity index (χ4n) is 2.03. The lowest BCUT2D eigenvalue weighted by Crippen LogP contribution is -2.15. The third kappa shape index (κ3) is 2.76. The average molecular weight is 235 g/mol. The molecule has 1 aromatic heterocycles. The number of aromatic nitrogens is 1. The summed E-state index contributed by atoms with van der Waals surface area (Å²) in [5.74, 6) is 0.117. The molecule has 0 atom stereocenters. The van der Waals surface area contributed by atoms with Gasteiger partial charge in [0.2, 0.25) is 0 Å². The van der Waals surface area contributed by atoms with Crippen molar-refractivity contribution in [1.82, 2.24) is 4.98 Å². The summed E-state index contributed by atoms with van der Waals surface area (Å²) in [6.45, 7) is 0. The van der Waals surface area contributed by atoms with Crippen LogP contribution in [0.25, 0.3) is 0 Å². The molecule has 0 unspecified atom stereocenters. The molecule has 1 aromatic rings. The number of nitrogens with one attached hydrogen (secondary N) is 1. The molecule has 2 rings (SSSR count). The van der Waals surface area contributed by atoms with E-state index in [0.29, 0.717) is 5.25 Å². The zero-order valence-corrected chi connectivity index (χ0v) is 10.1. The van der Waals surface area contributed by atoms with Crippen molar-refractivity contribution in [3.63, 3.8) is 0 Å². The van der Waals surface area contributed by atoms with Crippen LogP contribution in [0.2, 0.25) is 0 Å². The lowest BCUT2D eigenvalue weighted by molar-refractivity contribution is 0.515. The lowest BCUT2D eigenvalue weighted by atomic mass is 10.0. The van der Waals surface area contributed by atoms with E-state index in [2.05, 4.69) is 4.98 Å². The second-order valence-electron chi connectivity index (χ2n) is 4.15. The Morgan fingerprint density at radius 3 is 2.81 bits per heavy atom. The SMILES string of the molecule is N=C(N)c1cccnc1SC1CCCCC1. The molecule has 3 N–H and O–H groups in total. The summed E-state index contributed by atoms with van der Waals surface area (Å²) < 4.78 is 0. The largest absolute Gasteiger partial charge is 0.384 e. The molecule has 0 aromatic carbocycles. The van der Waals surface area contributed by atoms with Gasteiger partial charge in [-0.1, -0.05) is 19.3 Å². The first kappa shape index (κ1) is 11.5. The fourth-order valence-corrected chi connectivity index (χ4v) is 3.34. The van der Waals surface area contributed by atoms with Gasteiger partial charge in [0.15, 0.2) is 0 Å². The van der Waals surface area contributed by atoms with Crippen LogP contribution < -0.4 is 5.73 Å². The number of rotatable bonds is 3. The second kappa shape index (κ2) is 5.34. The van der Waals surface area contributed by atoms with Crippen LogP contribution in [0.5, 0.6) is 0 Å². The molecular weight excluding hydrogens is 218 g/mol. The Morgan fingerprint density at radius 1 is 1.38 bits per heavy atom. The molecular formula is C12H17N3S. The van der Waals surface area contributed by atoms with Crippen LogP contribution in [0.3, 0.4) is 0 Å². The van der Waals surface area contributed by atoms with Crippen LogP contribution in [-0.2, 0) is 0 Å². The van der Waals surface area contributed by atoms with Crippen molar-refractivity contribution >= 4 is 17.6 Å². The maximum atomic E-state index is 7.52. The Balaban J connectivity index is 2.10. The third-order valence-corrected chi connectivity index (χ3v) is 4.25. The zero-order chi connectivity index (χ0) is 11.4. The molecule has 1 aliphatic carbocycles. The number of amidine groups is 1. The Kier molecular flexibility index (Phi) is 3.83. The van der Waals surface area contributed by atoms with E-state index in [-0.39, 0.29) is 5.84 Å². The molecule has 3 nitrogen and oxygen atoms in total. The monoisotopic (exact) mass is 235 g/mol. The molecule has 4 heteroatoms. The average Bonchev–Trinajstić information content (AvgIpc) is 2.31. The molecule has 1 fully saturated rings. The number of nitrogens with two attached hydrogens (primary N) is 1. The first-order valence-electron chi connectivity index (χ1n) is 5.73. The van der Waals surface area contributed by atoms with Gasteiger partial charge in [0.25, 0.3) is 0 Å². The summed E-state index contributed by atoms with van der Waals surface area (Å²) in [5.41, 5.74) is 6.33. The number of thioether (sulfide) groups is 1. The van der Waals surface area contributed by atoms with Gasteiger partial charge in [-0.3, -0.25) is 5.41 Å². The number of nitrogen functional groups attached to an aromatic ring is 1. The zero-order valence-electron chi connectivity index (χ0n) is 9.28. The fraction of sp³-hybridized carbons (Fsp3) is 0.500. The van der Waals surface area contributed by atoms with E-state index < -0.39 is 0 Å². The molecule has 16 heavy (non-hydrogen) atoms. The smallest absolute Gasteiger partial charge is 0.125 e. The van der Waals surface area contributed by atoms with Gasteiger partial charge in [-0.05, 0) is 25.0 Å². The Hall–Kier alpha value is -1.03. The maximum absolute atomic E-state index is 7.52. The minimum absolute atomic E-state index is 0.117. The number of hydrogen-bond donors (Lipinski definition) is 2. The van der Waals surface area contributed by atoms with Crippen molar-refractivity contribution in [2.75, 3.05) is 0 Å². The van der Waals surface area contributed by atoms with Gasteiger partial charge < -0.3 is 5.73 Å². The molecule has 0 saturated heterocycles. The van der Waals surface area contributed by atoms with Crippen molar-refractivity contribution in [3.05, 3.63) is 23.9 Å². The summed E-state index contributed by atoms with van der Waals surface area (Å²) in [6, 6.07) is 3.71. The first-order chi connectivity index (χ1) is 7.77. The summed E-state index contributed by atoms with van der Waals surface area (Å²) in [6.07, 6.45) is 8.30. The molecule has 1 heterocycles. The first-order valence-corrected chi connectivity index (χ1v) is 6.61. The summed E-state index contributed by atoms with van der Waals surface area (Å²) in [7, 11) is 0. The van der Waals surface area contributed by atoms with E-state index in [9.17, 15) is 0 Å². The highest BCUT2D eigenvalue weighted by Crippen LogP contribution is 2.33. The number of pyridine rings is 1. The predicted octanol–water partition coefficient (Wildman–Crippen LogP) is 2.79. The van der Waals surface area contributed by atoms with Crippen LogP contribution in [0, 0.1) is 5.41 Å². The van der Waals surface area contributed by atoms with E-state index in [1.807, 2.05) is 12.1 Å². The topological polar surface area (TPSA) is 62.8 Å². The predicted molar refractivity (Wildman–Crippen MR) is 68.0 cm³/mol. The molecule has 1 aliphatic rings. The molecule has 1 saturated carbocycles. The number of hydrogen-bond acceptors (Lipinski definition) is 3. The van der Waals surface area contributed by atoms with Crippen molar-refractivity contribution in [2.24, 2.45) is 5.73 Å². The van der Waals surface area contributed by atoms with E-state index in [1.165, 1.54) is 32.1 Å². The van der Waals surface area contributed by atoms with Crippen LogP contribution >= 0.6 is 11.8 Å². The molecule has 0 bridgehead atoms. The highest BCUT2D eigenvalue weighted by molar-refractivity contribution is 7.99. The van der Waals surface area contributed by atoms with Crippen molar-refractivity contribution in [1.29, 1.82) is 5.41 Å². The van der Waals surface area contributed by atoms with Crippen LogP contribution in [0.4, 0.5) is 0 Å². The summed E-state index contributed by atoms with van der Waals surface area (Å²) >= 11 is 1.79. The molecule has 0 amide bonds. The van der Waals surface area contributed by atoms with Gasteiger partial charge in [0.05, 0.1) is 0 Å². The summed E-state index contributed by atoms with van der Waals surface area (Å²) in [5, 5.41) is 9.09. The van der Waals surface area contributed by atoms with Gasteiger partial charge in [-0.2, -0.15) is 0 Å². The minimum atomic E-state index is 0.117. The van der Waals surface area contributed by atoms with E-state index in [4.69, 9.17) is 11.1 Å². The van der Waals surface area contributed by atoms with Gasteiger partial charge in [0, 0.05) is 17.0 Å². The van der Waals surface area contributed by atoms with Gasteiger partial charge in [-0.15, -0.1) is 11.8 Å². The van der Waals surface area contributed by atoms with E-state index in [0.717, 1.165) is 10.6 Å². The van der Waals surface area contributed by atoms with E-state index in [1.54, 1.807) is 18.0 Å². The van der Waals surface area contributed by atoms with Gasteiger partial charge in [0.1, 0.15) is 10.9 Å². The normalized spacial score (nSPS) is 17.2. The van der Waals surface area contributed by atoms with Crippen LogP contribution in [0.1, 0.15) is 37.7 Å².